The molecule has 4 rings (SSSR count). The third-order valence-electron chi connectivity index (χ3n) is 5.10. The highest BCUT2D eigenvalue weighted by atomic mass is 127. The summed E-state index contributed by atoms with van der Waals surface area (Å²) in [4.78, 5) is 8.87. The number of pyridine rings is 1. The fourth-order valence-electron chi connectivity index (χ4n) is 3.78. The van der Waals surface area contributed by atoms with E-state index in [2.05, 4.69) is 58.7 Å². The first kappa shape index (κ1) is 21.4. The number of nitrogens with one attached hydrogen (secondary N) is 2. The summed E-state index contributed by atoms with van der Waals surface area (Å²) in [5, 5.41) is 8.19. The lowest BCUT2D eigenvalue weighted by atomic mass is 9.90. The van der Waals surface area contributed by atoms with Crippen molar-refractivity contribution in [1.29, 1.82) is 0 Å². The van der Waals surface area contributed by atoms with Crippen LogP contribution in [0.2, 0.25) is 0 Å². The maximum Gasteiger partial charge on any atom is 0.191 e. The van der Waals surface area contributed by atoms with Crippen LogP contribution in [0.15, 0.2) is 65.8 Å². The Labute approximate surface area is 189 Å². The molecule has 0 bridgehead atoms. The number of benzene rings is 2. The van der Waals surface area contributed by atoms with Gasteiger partial charge in [0.05, 0.1) is 11.6 Å². The molecule has 0 fully saturated rings. The molecule has 0 aliphatic carbocycles. The Morgan fingerprint density at radius 1 is 1.14 bits per heavy atom. The van der Waals surface area contributed by atoms with Gasteiger partial charge in [0.25, 0.3) is 0 Å². The average Bonchev–Trinajstić information content (AvgIpc) is 2.70. The molecule has 6 heteroatoms. The molecule has 0 amide bonds. The zero-order valence-electron chi connectivity index (χ0n) is 17.0. The highest BCUT2D eigenvalue weighted by Crippen LogP contribution is 2.39. The monoisotopic (exact) mass is 502 g/mol. The Balaban J connectivity index is 0.00000240. The van der Waals surface area contributed by atoms with Crippen molar-refractivity contribution in [1.82, 2.24) is 15.6 Å². The summed E-state index contributed by atoms with van der Waals surface area (Å²) in [5.74, 6) is 1.71. The second kappa shape index (κ2) is 8.98. The van der Waals surface area contributed by atoms with Gasteiger partial charge in [-0.25, -0.2) is 0 Å². The maximum absolute atomic E-state index is 6.13. The lowest BCUT2D eigenvalue weighted by Gasteiger charge is -2.38. The number of aromatic nitrogens is 1. The second-order valence-electron chi connectivity index (χ2n) is 7.71. The smallest absolute Gasteiger partial charge is 0.191 e. The molecular formula is C23H27IN4O. The zero-order chi connectivity index (χ0) is 19.6. The first-order valence-corrected chi connectivity index (χ1v) is 9.63. The number of para-hydroxylation sites is 2. The van der Waals surface area contributed by atoms with E-state index in [1.165, 1.54) is 11.1 Å². The van der Waals surface area contributed by atoms with Crippen LogP contribution in [0.1, 0.15) is 37.4 Å². The van der Waals surface area contributed by atoms with Gasteiger partial charge in [0, 0.05) is 37.2 Å². The largest absolute Gasteiger partial charge is 0.487 e. The van der Waals surface area contributed by atoms with Crippen LogP contribution in [-0.2, 0) is 6.54 Å². The number of ether oxygens (including phenoxy) is 1. The standard InChI is InChI=1S/C23H26N4O.HI/c1-23(2)14-20(18-9-5-7-11-21(18)28-23)27-22(24-3)26-15-16-12-13-25-19-10-6-4-8-17(16)19;/h4-13,20H,14-15H2,1-3H3,(H2,24,26,27);1H. The summed E-state index contributed by atoms with van der Waals surface area (Å²) in [6.45, 7) is 4.92. The van der Waals surface area contributed by atoms with Crippen LogP contribution < -0.4 is 15.4 Å². The van der Waals surface area contributed by atoms with Crippen molar-refractivity contribution in [2.24, 2.45) is 4.99 Å². The number of aliphatic imine (C=N–C) groups is 1. The molecule has 0 spiro atoms. The molecule has 0 saturated heterocycles. The van der Waals surface area contributed by atoms with Gasteiger partial charge in [0.2, 0.25) is 0 Å². The summed E-state index contributed by atoms with van der Waals surface area (Å²) in [7, 11) is 1.80. The number of fused-ring (bicyclic) bond motifs is 2. The van der Waals surface area contributed by atoms with Crippen molar-refractivity contribution in [3.05, 3.63) is 71.9 Å². The SMILES string of the molecule is CN=C(NCc1ccnc2ccccc12)NC1CC(C)(C)Oc2ccccc21.I. The molecule has 2 aromatic carbocycles. The Hall–Kier alpha value is -2.35. The van der Waals surface area contributed by atoms with Crippen molar-refractivity contribution >= 4 is 40.8 Å². The fourth-order valence-corrected chi connectivity index (χ4v) is 3.78. The van der Waals surface area contributed by atoms with Crippen LogP contribution in [-0.4, -0.2) is 23.6 Å². The number of hydrogen-bond acceptors (Lipinski definition) is 3. The molecule has 3 aromatic rings. The van der Waals surface area contributed by atoms with E-state index in [4.69, 9.17) is 4.74 Å². The van der Waals surface area contributed by atoms with Crippen molar-refractivity contribution < 1.29 is 4.74 Å². The molecule has 2 heterocycles. The Morgan fingerprint density at radius 3 is 2.72 bits per heavy atom. The van der Waals surface area contributed by atoms with Gasteiger partial charge in [-0.05, 0) is 37.6 Å². The van der Waals surface area contributed by atoms with Gasteiger partial charge in [-0.1, -0.05) is 36.4 Å². The van der Waals surface area contributed by atoms with Gasteiger partial charge in [-0.3, -0.25) is 9.98 Å². The van der Waals surface area contributed by atoms with E-state index >= 15 is 0 Å². The molecule has 2 N–H and O–H groups in total. The topological polar surface area (TPSA) is 58.5 Å². The minimum absolute atomic E-state index is 0. The number of rotatable bonds is 3. The number of nitrogens with zero attached hydrogens (tertiary/aromatic N) is 2. The molecule has 29 heavy (non-hydrogen) atoms. The molecule has 1 atom stereocenters. The summed E-state index contributed by atoms with van der Waals surface area (Å²) < 4.78 is 6.13. The van der Waals surface area contributed by atoms with Crippen molar-refractivity contribution in [3.63, 3.8) is 0 Å². The third kappa shape index (κ3) is 4.80. The van der Waals surface area contributed by atoms with E-state index in [1.54, 1.807) is 7.05 Å². The summed E-state index contributed by atoms with van der Waals surface area (Å²) >= 11 is 0. The first-order valence-electron chi connectivity index (χ1n) is 9.63. The Bertz CT molecular complexity index is 1010. The van der Waals surface area contributed by atoms with E-state index in [0.29, 0.717) is 6.54 Å². The van der Waals surface area contributed by atoms with Gasteiger partial charge >= 0.3 is 0 Å². The lowest BCUT2D eigenvalue weighted by Crippen LogP contribution is -2.45. The maximum atomic E-state index is 6.13. The quantitative estimate of drug-likeness (QED) is 0.307. The minimum atomic E-state index is -0.230. The van der Waals surface area contributed by atoms with E-state index in [9.17, 15) is 0 Å². The van der Waals surface area contributed by atoms with Crippen LogP contribution in [0.25, 0.3) is 10.9 Å². The van der Waals surface area contributed by atoms with Gasteiger partial charge < -0.3 is 15.4 Å². The molecule has 0 radical (unpaired) electrons. The van der Waals surface area contributed by atoms with Crippen molar-refractivity contribution in [2.75, 3.05) is 7.05 Å². The summed E-state index contributed by atoms with van der Waals surface area (Å²) in [6, 6.07) is 18.6. The number of guanidine groups is 1. The van der Waals surface area contributed by atoms with Crippen LogP contribution >= 0.6 is 24.0 Å². The molecule has 1 aliphatic heterocycles. The van der Waals surface area contributed by atoms with E-state index in [-0.39, 0.29) is 35.6 Å². The predicted molar refractivity (Wildman–Crippen MR) is 129 cm³/mol. The molecule has 1 aliphatic rings. The molecule has 5 nitrogen and oxygen atoms in total. The van der Waals surface area contributed by atoms with E-state index in [1.807, 2.05) is 36.5 Å². The van der Waals surface area contributed by atoms with Gasteiger partial charge in [-0.2, -0.15) is 0 Å². The number of halogens is 1. The zero-order valence-corrected chi connectivity index (χ0v) is 19.3. The van der Waals surface area contributed by atoms with Crippen LogP contribution in [0, 0.1) is 0 Å². The van der Waals surface area contributed by atoms with E-state index in [0.717, 1.165) is 29.0 Å². The second-order valence-corrected chi connectivity index (χ2v) is 7.71. The lowest BCUT2D eigenvalue weighted by molar-refractivity contribution is 0.0694. The van der Waals surface area contributed by atoms with Crippen LogP contribution in [0.3, 0.4) is 0 Å². The molecule has 0 saturated carbocycles. The summed E-state index contributed by atoms with van der Waals surface area (Å²) in [6.07, 6.45) is 2.72. The third-order valence-corrected chi connectivity index (χ3v) is 5.10. The van der Waals surface area contributed by atoms with Crippen LogP contribution in [0.5, 0.6) is 5.75 Å². The normalized spacial score (nSPS) is 17.6. The predicted octanol–water partition coefficient (Wildman–Crippen LogP) is 4.82. The van der Waals surface area contributed by atoms with Crippen LogP contribution in [0.4, 0.5) is 0 Å². The highest BCUT2D eigenvalue weighted by molar-refractivity contribution is 14.0. The van der Waals surface area contributed by atoms with Gasteiger partial charge in [-0.15, -0.1) is 24.0 Å². The van der Waals surface area contributed by atoms with Gasteiger partial charge in [0.1, 0.15) is 11.4 Å². The van der Waals surface area contributed by atoms with Crippen molar-refractivity contribution in [3.8, 4) is 5.75 Å². The van der Waals surface area contributed by atoms with Gasteiger partial charge in [0.15, 0.2) is 5.96 Å². The Kier molecular flexibility index (Phi) is 6.62. The summed E-state index contributed by atoms with van der Waals surface area (Å²) in [5.41, 5.74) is 3.14. The average molecular weight is 502 g/mol. The molecule has 152 valence electrons. The molecule has 1 aromatic heterocycles. The molecule has 1 unspecified atom stereocenters. The highest BCUT2D eigenvalue weighted by Gasteiger charge is 2.33. The number of hydrogen-bond donors (Lipinski definition) is 2. The van der Waals surface area contributed by atoms with Crippen molar-refractivity contribution in [2.45, 2.75) is 38.5 Å². The Morgan fingerprint density at radius 2 is 1.90 bits per heavy atom. The molecular weight excluding hydrogens is 475 g/mol. The first-order chi connectivity index (χ1) is 13.6. The fraction of sp³-hybridized carbons (Fsp3) is 0.304. The van der Waals surface area contributed by atoms with E-state index < -0.39 is 0 Å². The minimum Gasteiger partial charge on any atom is -0.487 e.